The number of aryl methyl sites for hydroxylation is 3. The quantitative estimate of drug-likeness (QED) is 0.844. The number of hydrogen-bond acceptors (Lipinski definition) is 5. The van der Waals surface area contributed by atoms with Crippen molar-refractivity contribution in [2.24, 2.45) is 0 Å². The van der Waals surface area contributed by atoms with Crippen LogP contribution < -0.4 is 0 Å². The Morgan fingerprint density at radius 2 is 2.05 bits per heavy atom. The van der Waals surface area contributed by atoms with E-state index in [4.69, 9.17) is 9.05 Å². The van der Waals surface area contributed by atoms with Gasteiger partial charge in [0.1, 0.15) is 22.8 Å². The molecule has 0 bridgehead atoms. The molecule has 0 unspecified atom stereocenters. The van der Waals surface area contributed by atoms with Crippen LogP contribution in [0.15, 0.2) is 15.1 Å². The van der Waals surface area contributed by atoms with Crippen molar-refractivity contribution < 1.29 is 13.8 Å². The highest BCUT2D eigenvalue weighted by atomic mass is 16.5. The molecular weight excluding hydrogens is 246 g/mol. The van der Waals surface area contributed by atoms with Crippen LogP contribution in [0.3, 0.4) is 0 Å². The van der Waals surface area contributed by atoms with Gasteiger partial charge in [0, 0.05) is 13.1 Å². The third kappa shape index (κ3) is 2.67. The molecule has 2 rings (SSSR count). The summed E-state index contributed by atoms with van der Waals surface area (Å²) in [4.78, 5) is 14.0. The first kappa shape index (κ1) is 13.3. The van der Waals surface area contributed by atoms with E-state index in [9.17, 15) is 4.79 Å². The lowest BCUT2D eigenvalue weighted by molar-refractivity contribution is 0.0779. The Kier molecular flexibility index (Phi) is 3.69. The van der Waals surface area contributed by atoms with Gasteiger partial charge in [0.15, 0.2) is 0 Å². The van der Waals surface area contributed by atoms with Gasteiger partial charge in [-0.05, 0) is 20.3 Å². The van der Waals surface area contributed by atoms with Gasteiger partial charge < -0.3 is 13.9 Å². The molecule has 0 atom stereocenters. The third-order valence-corrected chi connectivity index (χ3v) is 2.90. The number of rotatable bonds is 4. The topological polar surface area (TPSA) is 72.4 Å². The van der Waals surface area contributed by atoms with Gasteiger partial charge in [0.2, 0.25) is 0 Å². The lowest BCUT2D eigenvalue weighted by atomic mass is 10.1. The summed E-state index contributed by atoms with van der Waals surface area (Å²) in [6.07, 6.45) is 0.662. The van der Waals surface area contributed by atoms with Crippen molar-refractivity contribution in [3.8, 4) is 0 Å². The minimum Gasteiger partial charge on any atom is -0.361 e. The van der Waals surface area contributed by atoms with Crippen molar-refractivity contribution in [1.82, 2.24) is 15.2 Å². The van der Waals surface area contributed by atoms with E-state index >= 15 is 0 Å². The van der Waals surface area contributed by atoms with Crippen molar-refractivity contribution in [2.45, 2.75) is 33.7 Å². The Morgan fingerprint density at radius 3 is 2.63 bits per heavy atom. The molecule has 1 amide bonds. The largest absolute Gasteiger partial charge is 0.361 e. The van der Waals surface area contributed by atoms with Crippen molar-refractivity contribution in [3.05, 3.63) is 34.5 Å². The first-order valence-electron chi connectivity index (χ1n) is 6.15. The molecule has 0 aliphatic heterocycles. The fourth-order valence-corrected chi connectivity index (χ4v) is 1.93. The van der Waals surface area contributed by atoms with Crippen molar-refractivity contribution in [3.63, 3.8) is 0 Å². The van der Waals surface area contributed by atoms with Crippen LogP contribution in [0.2, 0.25) is 0 Å². The van der Waals surface area contributed by atoms with Gasteiger partial charge in [-0.1, -0.05) is 17.2 Å². The summed E-state index contributed by atoms with van der Waals surface area (Å²) in [6.45, 7) is 5.89. The first-order valence-corrected chi connectivity index (χ1v) is 6.15. The Balaban J connectivity index is 2.16. The Bertz CT molecular complexity index is 586. The minimum atomic E-state index is -0.115. The van der Waals surface area contributed by atoms with E-state index < -0.39 is 0 Å². The summed E-state index contributed by atoms with van der Waals surface area (Å²) in [5.74, 6) is 1.16. The molecule has 0 spiro atoms. The van der Waals surface area contributed by atoms with E-state index in [2.05, 4.69) is 10.3 Å². The number of carbonyl (C=O) groups excluding carboxylic acids is 1. The second kappa shape index (κ2) is 5.26. The van der Waals surface area contributed by atoms with Crippen LogP contribution in [0.4, 0.5) is 0 Å². The number of aromatic nitrogens is 2. The van der Waals surface area contributed by atoms with Crippen LogP contribution in [0.5, 0.6) is 0 Å². The molecule has 2 heterocycles. The van der Waals surface area contributed by atoms with Gasteiger partial charge in [-0.25, -0.2) is 0 Å². The molecular formula is C13H17N3O3. The zero-order chi connectivity index (χ0) is 14.0. The lowest BCUT2D eigenvalue weighted by Crippen LogP contribution is -2.27. The number of nitrogens with zero attached hydrogens (tertiary/aromatic N) is 3. The van der Waals surface area contributed by atoms with Crippen LogP contribution in [0.1, 0.15) is 40.2 Å². The van der Waals surface area contributed by atoms with Crippen LogP contribution in [-0.4, -0.2) is 28.2 Å². The zero-order valence-electron chi connectivity index (χ0n) is 11.6. The smallest absolute Gasteiger partial charge is 0.259 e. The zero-order valence-corrected chi connectivity index (χ0v) is 11.6. The molecule has 19 heavy (non-hydrogen) atoms. The van der Waals surface area contributed by atoms with E-state index in [1.165, 1.54) is 0 Å². The maximum atomic E-state index is 12.4. The van der Waals surface area contributed by atoms with E-state index in [0.29, 0.717) is 30.0 Å². The molecule has 6 heteroatoms. The van der Waals surface area contributed by atoms with E-state index in [0.717, 1.165) is 11.5 Å². The SMILES string of the molecule is CCc1noc(C)c1C(=O)N(C)Cc1cc(C)on1. The van der Waals surface area contributed by atoms with Crippen molar-refractivity contribution in [1.29, 1.82) is 0 Å². The summed E-state index contributed by atoms with van der Waals surface area (Å²) in [7, 11) is 1.72. The van der Waals surface area contributed by atoms with Crippen LogP contribution in [0, 0.1) is 13.8 Å². The summed E-state index contributed by atoms with van der Waals surface area (Å²) < 4.78 is 10.1. The summed E-state index contributed by atoms with van der Waals surface area (Å²) in [5, 5.41) is 7.77. The molecule has 0 aliphatic carbocycles. The van der Waals surface area contributed by atoms with Crippen molar-refractivity contribution >= 4 is 5.91 Å². The standard InChI is InChI=1S/C13H17N3O3/c1-5-11-12(9(3)19-15-11)13(17)16(4)7-10-6-8(2)18-14-10/h6H,5,7H2,1-4H3. The number of amides is 1. The van der Waals surface area contributed by atoms with E-state index in [-0.39, 0.29) is 5.91 Å². The molecule has 2 aromatic heterocycles. The predicted octanol–water partition coefficient (Wildman–Crippen LogP) is 2.11. The second-order valence-electron chi connectivity index (χ2n) is 4.50. The van der Waals surface area contributed by atoms with E-state index in [1.54, 1.807) is 18.9 Å². The Morgan fingerprint density at radius 1 is 1.32 bits per heavy atom. The van der Waals surface area contributed by atoms with Crippen LogP contribution in [-0.2, 0) is 13.0 Å². The van der Waals surface area contributed by atoms with E-state index in [1.807, 2.05) is 19.9 Å². The maximum Gasteiger partial charge on any atom is 0.259 e. The Hall–Kier alpha value is -2.11. The molecule has 6 nitrogen and oxygen atoms in total. The summed E-state index contributed by atoms with van der Waals surface area (Å²) >= 11 is 0. The fraction of sp³-hybridized carbons (Fsp3) is 0.462. The normalized spacial score (nSPS) is 10.7. The molecule has 0 fully saturated rings. The molecule has 0 saturated heterocycles. The van der Waals surface area contributed by atoms with Crippen LogP contribution in [0.25, 0.3) is 0 Å². The van der Waals surface area contributed by atoms with Gasteiger partial charge in [-0.2, -0.15) is 0 Å². The first-order chi connectivity index (χ1) is 9.02. The number of carbonyl (C=O) groups is 1. The number of hydrogen-bond donors (Lipinski definition) is 0. The third-order valence-electron chi connectivity index (χ3n) is 2.90. The minimum absolute atomic E-state index is 0.115. The highest BCUT2D eigenvalue weighted by Gasteiger charge is 2.22. The molecule has 0 radical (unpaired) electrons. The summed E-state index contributed by atoms with van der Waals surface area (Å²) in [6, 6.07) is 1.81. The molecule has 102 valence electrons. The second-order valence-corrected chi connectivity index (χ2v) is 4.50. The fourth-order valence-electron chi connectivity index (χ4n) is 1.93. The molecule has 0 saturated carbocycles. The average molecular weight is 263 g/mol. The molecule has 2 aromatic rings. The lowest BCUT2D eigenvalue weighted by Gasteiger charge is -2.15. The highest BCUT2D eigenvalue weighted by Crippen LogP contribution is 2.17. The molecule has 0 N–H and O–H groups in total. The highest BCUT2D eigenvalue weighted by molar-refractivity contribution is 5.95. The van der Waals surface area contributed by atoms with Gasteiger partial charge in [-0.3, -0.25) is 4.79 Å². The van der Waals surface area contributed by atoms with Crippen molar-refractivity contribution in [2.75, 3.05) is 7.05 Å². The van der Waals surface area contributed by atoms with Gasteiger partial charge >= 0.3 is 0 Å². The predicted molar refractivity (Wildman–Crippen MR) is 67.7 cm³/mol. The maximum absolute atomic E-state index is 12.4. The Labute approximate surface area is 111 Å². The molecule has 0 aliphatic rings. The van der Waals surface area contributed by atoms with Gasteiger partial charge in [-0.15, -0.1) is 0 Å². The monoisotopic (exact) mass is 263 g/mol. The van der Waals surface area contributed by atoms with Gasteiger partial charge in [0.25, 0.3) is 5.91 Å². The summed E-state index contributed by atoms with van der Waals surface area (Å²) in [5.41, 5.74) is 1.96. The van der Waals surface area contributed by atoms with Gasteiger partial charge in [0.05, 0.1) is 12.2 Å². The van der Waals surface area contributed by atoms with Crippen LogP contribution >= 0.6 is 0 Å². The molecule has 0 aromatic carbocycles. The average Bonchev–Trinajstić information content (AvgIpc) is 2.94.